The number of nitrogen functional groups attached to an aromatic ring is 2. The number of esters is 1. The van der Waals surface area contributed by atoms with Crippen LogP contribution in [0.5, 0.6) is 0 Å². The molecule has 1 rings (SSSR count). The minimum Gasteiger partial charge on any atom is -0.461 e. The molecule has 0 spiro atoms. The minimum atomic E-state index is -0.556. The van der Waals surface area contributed by atoms with Crippen molar-refractivity contribution < 1.29 is 14.3 Å². The zero-order valence-corrected chi connectivity index (χ0v) is 10.5. The highest BCUT2D eigenvalue weighted by Crippen LogP contribution is 2.16. The average Bonchev–Trinajstić information content (AvgIpc) is 2.28. The summed E-state index contributed by atoms with van der Waals surface area (Å²) < 4.78 is 4.96. The van der Waals surface area contributed by atoms with Crippen LogP contribution in [0.3, 0.4) is 0 Å². The zero-order valence-electron chi connectivity index (χ0n) is 10.5. The standard InChI is InChI=1S/C12H17N3O3/c1-15(2)11(16)5-6-18-12(17)9-4-3-8(13)7-10(9)14/h3-4,7H,5-6,13-14H2,1-2H3. The van der Waals surface area contributed by atoms with Crippen molar-refractivity contribution >= 4 is 23.3 Å². The molecule has 0 heterocycles. The topological polar surface area (TPSA) is 98.6 Å². The number of benzene rings is 1. The van der Waals surface area contributed by atoms with Crippen molar-refractivity contribution in [1.29, 1.82) is 0 Å². The molecule has 98 valence electrons. The van der Waals surface area contributed by atoms with E-state index in [4.69, 9.17) is 16.2 Å². The van der Waals surface area contributed by atoms with Crippen LogP contribution in [0.25, 0.3) is 0 Å². The maximum atomic E-state index is 11.7. The lowest BCUT2D eigenvalue weighted by atomic mass is 10.1. The molecular formula is C12H17N3O3. The van der Waals surface area contributed by atoms with Crippen LogP contribution in [0.15, 0.2) is 18.2 Å². The predicted molar refractivity (Wildman–Crippen MR) is 68.9 cm³/mol. The Hall–Kier alpha value is -2.24. The second-order valence-corrected chi connectivity index (χ2v) is 4.02. The molecule has 0 radical (unpaired) electrons. The van der Waals surface area contributed by atoms with E-state index < -0.39 is 5.97 Å². The van der Waals surface area contributed by atoms with Crippen LogP contribution < -0.4 is 11.5 Å². The first-order chi connectivity index (χ1) is 8.41. The Morgan fingerprint density at radius 3 is 2.50 bits per heavy atom. The molecule has 1 aromatic carbocycles. The van der Waals surface area contributed by atoms with E-state index in [-0.39, 0.29) is 30.2 Å². The fraction of sp³-hybridized carbons (Fsp3) is 0.333. The fourth-order valence-corrected chi connectivity index (χ4v) is 1.30. The lowest BCUT2D eigenvalue weighted by molar-refractivity contribution is -0.129. The van der Waals surface area contributed by atoms with Crippen LogP contribution in [-0.4, -0.2) is 37.5 Å². The Morgan fingerprint density at radius 2 is 1.94 bits per heavy atom. The smallest absolute Gasteiger partial charge is 0.340 e. The molecule has 6 heteroatoms. The number of carbonyl (C=O) groups excluding carboxylic acids is 2. The summed E-state index contributed by atoms with van der Waals surface area (Å²) in [5.74, 6) is -0.660. The molecule has 0 bridgehead atoms. The Bertz CT molecular complexity index is 458. The van der Waals surface area contributed by atoms with Crippen molar-refractivity contribution in [1.82, 2.24) is 4.90 Å². The van der Waals surface area contributed by atoms with Crippen LogP contribution in [0.1, 0.15) is 16.8 Å². The number of anilines is 2. The molecule has 4 N–H and O–H groups in total. The molecule has 1 aromatic rings. The first-order valence-corrected chi connectivity index (χ1v) is 5.44. The van der Waals surface area contributed by atoms with Gasteiger partial charge in [0.1, 0.15) is 6.61 Å². The van der Waals surface area contributed by atoms with Gasteiger partial charge in [-0.15, -0.1) is 0 Å². The van der Waals surface area contributed by atoms with Gasteiger partial charge in [0.05, 0.1) is 12.0 Å². The number of ether oxygens (including phenoxy) is 1. The molecule has 0 fully saturated rings. The highest BCUT2D eigenvalue weighted by molar-refractivity contribution is 5.95. The molecule has 0 aliphatic carbocycles. The van der Waals surface area contributed by atoms with Crippen molar-refractivity contribution in [2.24, 2.45) is 0 Å². The molecule has 0 unspecified atom stereocenters. The quantitative estimate of drug-likeness (QED) is 0.599. The third kappa shape index (κ3) is 3.65. The van der Waals surface area contributed by atoms with Gasteiger partial charge in [-0.05, 0) is 18.2 Å². The van der Waals surface area contributed by atoms with Gasteiger partial charge in [0.25, 0.3) is 0 Å². The molecule has 6 nitrogen and oxygen atoms in total. The number of carbonyl (C=O) groups is 2. The summed E-state index contributed by atoms with van der Waals surface area (Å²) in [6.45, 7) is 0.0274. The molecule has 0 aliphatic heterocycles. The van der Waals surface area contributed by atoms with Crippen LogP contribution in [-0.2, 0) is 9.53 Å². The normalized spacial score (nSPS) is 9.89. The van der Waals surface area contributed by atoms with Gasteiger partial charge in [-0.3, -0.25) is 4.79 Å². The van der Waals surface area contributed by atoms with E-state index >= 15 is 0 Å². The highest BCUT2D eigenvalue weighted by atomic mass is 16.5. The molecule has 1 amide bonds. The van der Waals surface area contributed by atoms with Gasteiger partial charge in [-0.1, -0.05) is 0 Å². The Kier molecular flexibility index (Phi) is 4.53. The van der Waals surface area contributed by atoms with Gasteiger partial charge in [-0.2, -0.15) is 0 Å². The fourth-order valence-electron chi connectivity index (χ4n) is 1.30. The van der Waals surface area contributed by atoms with E-state index in [9.17, 15) is 9.59 Å². The monoisotopic (exact) mass is 251 g/mol. The second kappa shape index (κ2) is 5.90. The van der Waals surface area contributed by atoms with E-state index in [2.05, 4.69) is 0 Å². The second-order valence-electron chi connectivity index (χ2n) is 4.02. The largest absolute Gasteiger partial charge is 0.461 e. The number of hydrogen-bond donors (Lipinski definition) is 2. The summed E-state index contributed by atoms with van der Waals surface area (Å²) in [4.78, 5) is 24.4. The summed E-state index contributed by atoms with van der Waals surface area (Å²) >= 11 is 0. The number of amides is 1. The predicted octanol–water partition coefficient (Wildman–Crippen LogP) is 0.486. The van der Waals surface area contributed by atoms with Crippen LogP contribution in [0.4, 0.5) is 11.4 Å². The van der Waals surface area contributed by atoms with Gasteiger partial charge < -0.3 is 21.1 Å². The van der Waals surface area contributed by atoms with Gasteiger partial charge in [0, 0.05) is 25.5 Å². The molecule has 0 saturated carbocycles. The summed E-state index contributed by atoms with van der Waals surface area (Å²) in [7, 11) is 3.28. The summed E-state index contributed by atoms with van der Waals surface area (Å²) in [5.41, 5.74) is 12.2. The Labute approximate surface area is 105 Å². The van der Waals surface area contributed by atoms with E-state index in [0.717, 1.165) is 0 Å². The molecule has 0 aromatic heterocycles. The first kappa shape index (κ1) is 13.8. The average molecular weight is 251 g/mol. The number of nitrogens with zero attached hydrogens (tertiary/aromatic N) is 1. The highest BCUT2D eigenvalue weighted by Gasteiger charge is 2.12. The van der Waals surface area contributed by atoms with Gasteiger partial charge in [-0.25, -0.2) is 4.79 Å². The Morgan fingerprint density at radius 1 is 1.28 bits per heavy atom. The summed E-state index contributed by atoms with van der Waals surface area (Å²) in [6, 6.07) is 4.56. The van der Waals surface area contributed by atoms with Gasteiger partial charge in [0.15, 0.2) is 0 Å². The van der Waals surface area contributed by atoms with E-state index in [0.29, 0.717) is 5.69 Å². The number of hydrogen-bond acceptors (Lipinski definition) is 5. The molecule has 18 heavy (non-hydrogen) atoms. The maximum absolute atomic E-state index is 11.7. The summed E-state index contributed by atoms with van der Waals surface area (Å²) in [6.07, 6.45) is 0.146. The molecule has 0 saturated heterocycles. The third-order valence-electron chi connectivity index (χ3n) is 2.34. The summed E-state index contributed by atoms with van der Waals surface area (Å²) in [5, 5.41) is 0. The number of nitrogens with two attached hydrogens (primary N) is 2. The molecule has 0 aliphatic rings. The van der Waals surface area contributed by atoms with Crippen LogP contribution in [0.2, 0.25) is 0 Å². The maximum Gasteiger partial charge on any atom is 0.340 e. The Balaban J connectivity index is 2.53. The molecular weight excluding hydrogens is 234 g/mol. The van der Waals surface area contributed by atoms with E-state index in [1.54, 1.807) is 20.2 Å². The van der Waals surface area contributed by atoms with E-state index in [1.165, 1.54) is 17.0 Å². The first-order valence-electron chi connectivity index (χ1n) is 5.44. The van der Waals surface area contributed by atoms with Crippen molar-refractivity contribution in [3.63, 3.8) is 0 Å². The molecule has 0 atom stereocenters. The van der Waals surface area contributed by atoms with Crippen LogP contribution in [0, 0.1) is 0 Å². The number of rotatable bonds is 4. The van der Waals surface area contributed by atoms with E-state index in [1.807, 2.05) is 0 Å². The van der Waals surface area contributed by atoms with Gasteiger partial charge in [0.2, 0.25) is 5.91 Å². The van der Waals surface area contributed by atoms with Crippen LogP contribution >= 0.6 is 0 Å². The van der Waals surface area contributed by atoms with Crippen molar-refractivity contribution in [3.05, 3.63) is 23.8 Å². The third-order valence-corrected chi connectivity index (χ3v) is 2.34. The zero-order chi connectivity index (χ0) is 13.7. The lowest BCUT2D eigenvalue weighted by Crippen LogP contribution is -2.23. The van der Waals surface area contributed by atoms with Crippen molar-refractivity contribution in [2.75, 3.05) is 32.2 Å². The lowest BCUT2D eigenvalue weighted by Gasteiger charge is -2.11. The van der Waals surface area contributed by atoms with Crippen molar-refractivity contribution in [2.45, 2.75) is 6.42 Å². The minimum absolute atomic E-state index is 0.0274. The SMILES string of the molecule is CN(C)C(=O)CCOC(=O)c1ccc(N)cc1N. The van der Waals surface area contributed by atoms with Crippen molar-refractivity contribution in [3.8, 4) is 0 Å². The van der Waals surface area contributed by atoms with Gasteiger partial charge >= 0.3 is 5.97 Å².